The van der Waals surface area contributed by atoms with Gasteiger partial charge in [-0.05, 0) is 18.4 Å². The minimum Gasteiger partial charge on any atom is -0.480 e. The van der Waals surface area contributed by atoms with Crippen molar-refractivity contribution in [2.45, 2.75) is 18.8 Å². The summed E-state index contributed by atoms with van der Waals surface area (Å²) in [4.78, 5) is 22.4. The predicted molar refractivity (Wildman–Crippen MR) is 74.8 cm³/mol. The van der Waals surface area contributed by atoms with Crippen molar-refractivity contribution in [3.05, 3.63) is 35.5 Å². The van der Waals surface area contributed by atoms with E-state index >= 15 is 0 Å². The SMILES string of the molecule is CSCc1ccc(C(=O)NCc2cn(CC(=O)O)nn2)o1. The van der Waals surface area contributed by atoms with Crippen molar-refractivity contribution in [3.63, 3.8) is 0 Å². The van der Waals surface area contributed by atoms with Crippen LogP contribution < -0.4 is 5.32 Å². The summed E-state index contributed by atoms with van der Waals surface area (Å²) in [5, 5.41) is 18.7. The average Bonchev–Trinajstić information content (AvgIpc) is 3.05. The smallest absolute Gasteiger partial charge is 0.325 e. The summed E-state index contributed by atoms with van der Waals surface area (Å²) in [7, 11) is 0. The Hall–Kier alpha value is -2.29. The molecule has 2 aromatic heterocycles. The van der Waals surface area contributed by atoms with E-state index in [1.807, 2.05) is 6.26 Å². The second-order valence-electron chi connectivity index (χ2n) is 4.18. The summed E-state index contributed by atoms with van der Waals surface area (Å²) in [6.45, 7) is -0.117. The van der Waals surface area contributed by atoms with E-state index in [0.29, 0.717) is 11.4 Å². The Balaban J connectivity index is 1.88. The van der Waals surface area contributed by atoms with Gasteiger partial charge in [0, 0.05) is 0 Å². The van der Waals surface area contributed by atoms with Gasteiger partial charge in [-0.3, -0.25) is 9.59 Å². The molecular weight excluding hydrogens is 296 g/mol. The molecular formula is C12H14N4O4S. The van der Waals surface area contributed by atoms with Gasteiger partial charge in [-0.2, -0.15) is 11.8 Å². The van der Waals surface area contributed by atoms with Crippen LogP contribution >= 0.6 is 11.8 Å². The molecule has 2 rings (SSSR count). The van der Waals surface area contributed by atoms with Crippen molar-refractivity contribution in [3.8, 4) is 0 Å². The molecule has 0 aliphatic rings. The van der Waals surface area contributed by atoms with Gasteiger partial charge in [0.2, 0.25) is 0 Å². The lowest BCUT2D eigenvalue weighted by molar-refractivity contribution is -0.137. The number of thioether (sulfide) groups is 1. The van der Waals surface area contributed by atoms with Crippen molar-refractivity contribution in [1.29, 1.82) is 0 Å². The molecule has 0 saturated carbocycles. The largest absolute Gasteiger partial charge is 0.480 e. The van der Waals surface area contributed by atoms with E-state index in [9.17, 15) is 9.59 Å². The highest BCUT2D eigenvalue weighted by Crippen LogP contribution is 2.13. The first kappa shape index (κ1) is 15.1. The van der Waals surface area contributed by atoms with Gasteiger partial charge >= 0.3 is 5.97 Å². The average molecular weight is 310 g/mol. The van der Waals surface area contributed by atoms with Crippen LogP contribution in [-0.4, -0.2) is 38.2 Å². The predicted octanol–water partition coefficient (Wildman–Crippen LogP) is 0.749. The Labute approximate surface area is 124 Å². The van der Waals surface area contributed by atoms with Crippen molar-refractivity contribution in [1.82, 2.24) is 20.3 Å². The number of aromatic nitrogens is 3. The quantitative estimate of drug-likeness (QED) is 0.776. The van der Waals surface area contributed by atoms with Crippen LogP contribution in [0.2, 0.25) is 0 Å². The third-order valence-corrected chi connectivity index (χ3v) is 3.06. The van der Waals surface area contributed by atoms with Crippen LogP contribution in [0.15, 0.2) is 22.7 Å². The zero-order valence-electron chi connectivity index (χ0n) is 11.3. The molecule has 0 bridgehead atoms. The summed E-state index contributed by atoms with van der Waals surface area (Å²) in [5.74, 6) is 0.316. The van der Waals surface area contributed by atoms with Gasteiger partial charge in [0.25, 0.3) is 5.91 Å². The van der Waals surface area contributed by atoms with E-state index in [1.165, 1.54) is 10.9 Å². The number of amides is 1. The lowest BCUT2D eigenvalue weighted by Gasteiger charge is -1.99. The number of hydrogen-bond donors (Lipinski definition) is 2. The van der Waals surface area contributed by atoms with Gasteiger partial charge in [-0.25, -0.2) is 4.68 Å². The van der Waals surface area contributed by atoms with Crippen molar-refractivity contribution < 1.29 is 19.1 Å². The monoisotopic (exact) mass is 310 g/mol. The zero-order chi connectivity index (χ0) is 15.2. The number of aliphatic carboxylic acids is 1. The fraction of sp³-hybridized carbons (Fsp3) is 0.333. The van der Waals surface area contributed by atoms with Gasteiger partial charge in [-0.15, -0.1) is 5.10 Å². The zero-order valence-corrected chi connectivity index (χ0v) is 12.1. The molecule has 0 spiro atoms. The van der Waals surface area contributed by atoms with Gasteiger partial charge in [0.05, 0.1) is 18.5 Å². The number of nitrogens with zero attached hydrogens (tertiary/aromatic N) is 3. The third-order valence-electron chi connectivity index (χ3n) is 2.49. The maximum atomic E-state index is 11.9. The lowest BCUT2D eigenvalue weighted by atomic mass is 10.4. The first-order chi connectivity index (χ1) is 10.1. The van der Waals surface area contributed by atoms with E-state index in [-0.39, 0.29) is 24.8 Å². The third kappa shape index (κ3) is 4.35. The van der Waals surface area contributed by atoms with Gasteiger partial charge in [0.15, 0.2) is 5.76 Å². The Morgan fingerprint density at radius 2 is 2.29 bits per heavy atom. The second kappa shape index (κ2) is 6.93. The summed E-state index contributed by atoms with van der Waals surface area (Å²) in [6, 6.07) is 3.37. The lowest BCUT2D eigenvalue weighted by Crippen LogP contribution is -2.22. The second-order valence-corrected chi connectivity index (χ2v) is 5.05. The molecule has 0 atom stereocenters. The fourth-order valence-electron chi connectivity index (χ4n) is 1.61. The minimum atomic E-state index is -1.01. The molecule has 112 valence electrons. The Morgan fingerprint density at radius 3 is 3.00 bits per heavy atom. The molecule has 0 aromatic carbocycles. The number of rotatable bonds is 7. The van der Waals surface area contributed by atoms with Gasteiger partial charge in [0.1, 0.15) is 18.0 Å². The van der Waals surface area contributed by atoms with E-state index in [2.05, 4.69) is 15.6 Å². The highest BCUT2D eigenvalue weighted by Gasteiger charge is 2.12. The van der Waals surface area contributed by atoms with Crippen molar-refractivity contribution >= 4 is 23.6 Å². The molecule has 8 nitrogen and oxygen atoms in total. The first-order valence-electron chi connectivity index (χ1n) is 6.05. The van der Waals surface area contributed by atoms with Crippen LogP contribution in [0.25, 0.3) is 0 Å². The first-order valence-corrected chi connectivity index (χ1v) is 7.44. The number of furan rings is 1. The molecule has 0 unspecified atom stereocenters. The maximum absolute atomic E-state index is 11.9. The topological polar surface area (TPSA) is 110 Å². The molecule has 1 amide bonds. The highest BCUT2D eigenvalue weighted by atomic mass is 32.2. The molecule has 0 saturated heterocycles. The number of carboxylic acids is 1. The molecule has 9 heteroatoms. The molecule has 21 heavy (non-hydrogen) atoms. The van der Waals surface area contributed by atoms with E-state index in [4.69, 9.17) is 9.52 Å². The molecule has 0 fully saturated rings. The maximum Gasteiger partial charge on any atom is 0.325 e. The number of carboxylic acid groups (broad SMARTS) is 1. The minimum absolute atomic E-state index is 0.150. The van der Waals surface area contributed by atoms with Crippen molar-refractivity contribution in [2.75, 3.05) is 6.26 Å². The van der Waals surface area contributed by atoms with Gasteiger partial charge in [-0.1, -0.05) is 5.21 Å². The van der Waals surface area contributed by atoms with E-state index < -0.39 is 5.97 Å². The molecule has 2 N–H and O–H groups in total. The van der Waals surface area contributed by atoms with Crippen molar-refractivity contribution in [2.24, 2.45) is 0 Å². The number of hydrogen-bond acceptors (Lipinski definition) is 6. The van der Waals surface area contributed by atoms with Crippen LogP contribution in [0.3, 0.4) is 0 Å². The fourth-order valence-corrected chi connectivity index (χ4v) is 2.05. The number of nitrogens with one attached hydrogen (secondary N) is 1. The summed E-state index contributed by atoms with van der Waals surface area (Å²) >= 11 is 1.60. The molecule has 2 heterocycles. The van der Waals surface area contributed by atoms with Crippen LogP contribution in [0, 0.1) is 0 Å². The molecule has 0 radical (unpaired) electrons. The Morgan fingerprint density at radius 1 is 1.48 bits per heavy atom. The van der Waals surface area contributed by atoms with E-state index in [1.54, 1.807) is 23.9 Å². The van der Waals surface area contributed by atoms with E-state index in [0.717, 1.165) is 5.76 Å². The summed E-state index contributed by atoms with van der Waals surface area (Å²) in [6.07, 6.45) is 3.42. The highest BCUT2D eigenvalue weighted by molar-refractivity contribution is 7.97. The number of carbonyl (C=O) groups excluding carboxylic acids is 1. The summed E-state index contributed by atoms with van der Waals surface area (Å²) in [5.41, 5.74) is 0.473. The summed E-state index contributed by atoms with van der Waals surface area (Å²) < 4.78 is 6.57. The van der Waals surface area contributed by atoms with Crippen LogP contribution in [0.4, 0.5) is 0 Å². The van der Waals surface area contributed by atoms with Crippen LogP contribution in [0.1, 0.15) is 22.0 Å². The number of carbonyl (C=O) groups is 2. The molecule has 0 aliphatic carbocycles. The van der Waals surface area contributed by atoms with Crippen LogP contribution in [0.5, 0.6) is 0 Å². The standard InChI is InChI=1S/C12H14N4O4S/c1-21-7-9-2-3-10(20-9)12(19)13-4-8-5-16(15-14-8)6-11(17)18/h2-3,5H,4,6-7H2,1H3,(H,13,19)(H,17,18). The van der Waals surface area contributed by atoms with Gasteiger partial charge < -0.3 is 14.8 Å². The Bertz CT molecular complexity index is 637. The normalized spacial score (nSPS) is 10.5. The van der Waals surface area contributed by atoms with Crippen LogP contribution in [-0.2, 0) is 23.6 Å². The Kier molecular flexibility index (Phi) is 4.99. The molecule has 0 aliphatic heterocycles. The molecule has 2 aromatic rings.